The molecule has 0 aliphatic carbocycles. The van der Waals surface area contributed by atoms with Gasteiger partial charge in [-0.3, -0.25) is 9.59 Å². The molecule has 1 atom stereocenters. The number of benzene rings is 2. The normalized spacial score (nSPS) is 12.4. The third-order valence-electron chi connectivity index (χ3n) is 3.68. The number of ether oxygens (including phenoxy) is 1. The van der Waals surface area contributed by atoms with Gasteiger partial charge in [0.05, 0.1) is 10.8 Å². The van der Waals surface area contributed by atoms with Crippen LogP contribution in [0.5, 0.6) is 0 Å². The number of Topliss-reactive ketones (excluding diaryl/α,β-unsaturated/α-hetero) is 1. The average molecular weight is 379 g/mol. The van der Waals surface area contributed by atoms with Crippen LogP contribution in [0.3, 0.4) is 0 Å². The minimum Gasteiger partial charge on any atom is -0.457 e. The van der Waals surface area contributed by atoms with Crippen molar-refractivity contribution in [3.8, 4) is 0 Å². The van der Waals surface area contributed by atoms with E-state index in [2.05, 4.69) is 0 Å². The Kier molecular flexibility index (Phi) is 6.23. The van der Waals surface area contributed by atoms with Crippen molar-refractivity contribution in [3.05, 3.63) is 65.5 Å². The molecule has 2 aromatic carbocycles. The van der Waals surface area contributed by atoms with E-state index in [1.54, 1.807) is 19.1 Å². The molecular formula is C18H18FNO5S. The van der Waals surface area contributed by atoms with E-state index in [1.807, 2.05) is 0 Å². The molecule has 138 valence electrons. The van der Waals surface area contributed by atoms with Gasteiger partial charge in [-0.25, -0.2) is 17.9 Å². The molecule has 0 aliphatic rings. The summed E-state index contributed by atoms with van der Waals surface area (Å²) < 4.78 is 40.5. The van der Waals surface area contributed by atoms with Gasteiger partial charge in [0.1, 0.15) is 5.82 Å². The molecule has 0 bridgehead atoms. The van der Waals surface area contributed by atoms with Crippen LogP contribution >= 0.6 is 0 Å². The van der Waals surface area contributed by atoms with Crippen LogP contribution in [0.2, 0.25) is 0 Å². The standard InChI is InChI=1S/C18H18FNO5S/c1-12(9-13-3-2-4-15(19)10-13)18(22)25-11-17(21)14-5-7-16(8-6-14)26(20,23)24/h2-8,10,12H,9,11H2,1H3,(H2,20,23,24). The summed E-state index contributed by atoms with van der Waals surface area (Å²) in [5.41, 5.74) is 0.849. The Morgan fingerprint density at radius 2 is 1.81 bits per heavy atom. The van der Waals surface area contributed by atoms with Crippen LogP contribution < -0.4 is 5.14 Å². The lowest BCUT2D eigenvalue weighted by atomic mass is 10.0. The van der Waals surface area contributed by atoms with Crippen LogP contribution in [0.1, 0.15) is 22.8 Å². The first-order chi connectivity index (χ1) is 12.2. The number of esters is 1. The first kappa shape index (κ1) is 19.7. The van der Waals surface area contributed by atoms with E-state index >= 15 is 0 Å². The molecule has 0 fully saturated rings. The van der Waals surface area contributed by atoms with Gasteiger partial charge >= 0.3 is 5.97 Å². The highest BCUT2D eigenvalue weighted by molar-refractivity contribution is 7.89. The summed E-state index contributed by atoms with van der Waals surface area (Å²) in [6.45, 7) is 1.15. The van der Waals surface area contributed by atoms with Gasteiger partial charge in [-0.1, -0.05) is 19.1 Å². The van der Waals surface area contributed by atoms with Crippen molar-refractivity contribution in [1.82, 2.24) is 0 Å². The lowest BCUT2D eigenvalue weighted by Crippen LogP contribution is -2.21. The summed E-state index contributed by atoms with van der Waals surface area (Å²) in [4.78, 5) is 23.9. The van der Waals surface area contributed by atoms with Crippen LogP contribution in [-0.2, 0) is 26.0 Å². The number of ketones is 1. The maximum Gasteiger partial charge on any atom is 0.309 e. The fraction of sp³-hybridized carbons (Fsp3) is 0.222. The summed E-state index contributed by atoms with van der Waals surface area (Å²) in [6.07, 6.45) is 0.286. The highest BCUT2D eigenvalue weighted by Gasteiger charge is 2.18. The molecule has 2 N–H and O–H groups in total. The van der Waals surface area contributed by atoms with E-state index in [-0.39, 0.29) is 22.7 Å². The predicted octanol–water partition coefficient (Wildman–Crippen LogP) is 2.08. The van der Waals surface area contributed by atoms with Gasteiger partial charge in [-0.05, 0) is 48.4 Å². The molecule has 0 saturated heterocycles. The maximum absolute atomic E-state index is 13.2. The smallest absolute Gasteiger partial charge is 0.309 e. The maximum atomic E-state index is 13.2. The molecule has 2 rings (SSSR count). The summed E-state index contributed by atoms with van der Waals surface area (Å²) >= 11 is 0. The molecule has 6 nitrogen and oxygen atoms in total. The SMILES string of the molecule is CC(Cc1cccc(F)c1)C(=O)OCC(=O)c1ccc(S(N)(=O)=O)cc1. The van der Waals surface area contributed by atoms with Gasteiger partial charge in [0.15, 0.2) is 12.4 Å². The van der Waals surface area contributed by atoms with Gasteiger partial charge in [0.25, 0.3) is 0 Å². The van der Waals surface area contributed by atoms with Crippen molar-refractivity contribution in [2.24, 2.45) is 11.1 Å². The molecule has 0 spiro atoms. The molecule has 0 aromatic heterocycles. The second kappa shape index (κ2) is 8.20. The lowest BCUT2D eigenvalue weighted by Gasteiger charge is -2.11. The van der Waals surface area contributed by atoms with Crippen molar-refractivity contribution < 1.29 is 27.1 Å². The van der Waals surface area contributed by atoms with Crippen molar-refractivity contribution in [1.29, 1.82) is 0 Å². The Balaban J connectivity index is 1.90. The Bertz CT molecular complexity index is 909. The van der Waals surface area contributed by atoms with Gasteiger partial charge < -0.3 is 4.74 Å². The van der Waals surface area contributed by atoms with Crippen LogP contribution in [0.15, 0.2) is 53.4 Å². The molecule has 0 radical (unpaired) electrons. The largest absolute Gasteiger partial charge is 0.457 e. The van der Waals surface area contributed by atoms with Gasteiger partial charge in [0.2, 0.25) is 10.0 Å². The van der Waals surface area contributed by atoms with Crippen LogP contribution in [0, 0.1) is 11.7 Å². The summed E-state index contributed by atoms with van der Waals surface area (Å²) in [5, 5.41) is 4.98. The molecule has 8 heteroatoms. The Morgan fingerprint density at radius 3 is 2.38 bits per heavy atom. The van der Waals surface area contributed by atoms with E-state index in [0.717, 1.165) is 0 Å². The van der Waals surface area contributed by atoms with Gasteiger partial charge in [0, 0.05) is 5.56 Å². The number of carbonyl (C=O) groups excluding carboxylic acids is 2. The lowest BCUT2D eigenvalue weighted by molar-refractivity contribution is -0.146. The van der Waals surface area contributed by atoms with E-state index in [0.29, 0.717) is 5.56 Å². The Hall–Kier alpha value is -2.58. The van der Waals surface area contributed by atoms with Crippen LogP contribution in [0.25, 0.3) is 0 Å². The quantitative estimate of drug-likeness (QED) is 0.586. The predicted molar refractivity (Wildman–Crippen MR) is 92.4 cm³/mol. The van der Waals surface area contributed by atoms with Crippen molar-refractivity contribution >= 4 is 21.8 Å². The number of rotatable bonds is 7. The topological polar surface area (TPSA) is 104 Å². The number of nitrogens with two attached hydrogens (primary N) is 1. The number of sulfonamides is 1. The number of hydrogen-bond acceptors (Lipinski definition) is 5. The van der Waals surface area contributed by atoms with Crippen molar-refractivity contribution in [3.63, 3.8) is 0 Å². The molecule has 0 saturated carbocycles. The highest BCUT2D eigenvalue weighted by atomic mass is 32.2. The number of halogens is 1. The molecular weight excluding hydrogens is 361 g/mol. The highest BCUT2D eigenvalue weighted by Crippen LogP contribution is 2.13. The fourth-order valence-electron chi connectivity index (χ4n) is 2.29. The first-order valence-corrected chi connectivity index (χ1v) is 9.28. The minimum atomic E-state index is -3.84. The van der Waals surface area contributed by atoms with E-state index < -0.39 is 34.3 Å². The molecule has 26 heavy (non-hydrogen) atoms. The molecule has 2 aromatic rings. The Labute approximate surface area is 150 Å². The summed E-state index contributed by atoms with van der Waals surface area (Å²) in [5.74, 6) is -1.99. The van der Waals surface area contributed by atoms with Crippen LogP contribution in [0.4, 0.5) is 4.39 Å². The number of carbonyl (C=O) groups is 2. The first-order valence-electron chi connectivity index (χ1n) is 7.74. The zero-order chi connectivity index (χ0) is 19.3. The second-order valence-electron chi connectivity index (χ2n) is 5.84. The van der Waals surface area contributed by atoms with E-state index in [9.17, 15) is 22.4 Å². The zero-order valence-corrected chi connectivity index (χ0v) is 14.8. The second-order valence-corrected chi connectivity index (χ2v) is 7.40. The third-order valence-corrected chi connectivity index (χ3v) is 4.61. The molecule has 1 unspecified atom stereocenters. The van der Waals surface area contributed by atoms with Gasteiger partial charge in [-0.2, -0.15) is 0 Å². The minimum absolute atomic E-state index is 0.116. The summed E-state index contributed by atoms with van der Waals surface area (Å²) in [6, 6.07) is 10.9. The number of primary sulfonamides is 1. The molecule has 0 aliphatic heterocycles. The molecule has 0 amide bonds. The zero-order valence-electron chi connectivity index (χ0n) is 14.0. The van der Waals surface area contributed by atoms with E-state index in [4.69, 9.17) is 9.88 Å². The molecule has 0 heterocycles. The average Bonchev–Trinajstić information content (AvgIpc) is 2.58. The van der Waals surface area contributed by atoms with Crippen molar-refractivity contribution in [2.45, 2.75) is 18.2 Å². The number of hydrogen-bond donors (Lipinski definition) is 1. The van der Waals surface area contributed by atoms with Crippen molar-refractivity contribution in [2.75, 3.05) is 6.61 Å². The summed E-state index contributed by atoms with van der Waals surface area (Å²) in [7, 11) is -3.84. The third kappa shape index (κ3) is 5.47. The van der Waals surface area contributed by atoms with Crippen LogP contribution in [-0.4, -0.2) is 26.8 Å². The van der Waals surface area contributed by atoms with E-state index in [1.165, 1.54) is 36.4 Å². The Morgan fingerprint density at radius 1 is 1.15 bits per heavy atom. The fourth-order valence-corrected chi connectivity index (χ4v) is 2.81. The monoisotopic (exact) mass is 379 g/mol. The van der Waals surface area contributed by atoms with Gasteiger partial charge in [-0.15, -0.1) is 0 Å².